The largest absolute Gasteiger partial charge is 0.367 e. The zero-order valence-electron chi connectivity index (χ0n) is 15.1. The van der Waals surface area contributed by atoms with E-state index in [1.165, 1.54) is 0 Å². The van der Waals surface area contributed by atoms with Gasteiger partial charge in [-0.3, -0.25) is 9.69 Å². The Morgan fingerprint density at radius 2 is 1.81 bits per heavy atom. The van der Waals surface area contributed by atoms with Crippen LogP contribution in [-0.2, 0) is 9.53 Å². The molecule has 0 saturated carbocycles. The molecule has 6 heteroatoms. The average Bonchev–Trinajstić information content (AvgIpc) is 3.01. The molecule has 0 aliphatic carbocycles. The molecule has 0 radical (unpaired) electrons. The van der Waals surface area contributed by atoms with Gasteiger partial charge in [0.05, 0.1) is 12.5 Å². The maximum absolute atomic E-state index is 12.8. The summed E-state index contributed by atoms with van der Waals surface area (Å²) < 4.78 is 5.35. The molecule has 2 aliphatic rings. The molecule has 3 rings (SSSR count). The molecule has 1 aromatic rings. The van der Waals surface area contributed by atoms with Gasteiger partial charge in [0, 0.05) is 56.5 Å². The fraction of sp³-hybridized carbons (Fsp3) is 0.550. The van der Waals surface area contributed by atoms with Gasteiger partial charge in [0.15, 0.2) is 0 Å². The van der Waals surface area contributed by atoms with Gasteiger partial charge in [-0.05, 0) is 30.7 Å². The van der Waals surface area contributed by atoms with Crippen molar-refractivity contribution < 1.29 is 9.53 Å². The fourth-order valence-electron chi connectivity index (χ4n) is 3.62. The predicted molar refractivity (Wildman–Crippen MR) is 104 cm³/mol. The Hall–Kier alpha value is -1.58. The molecule has 26 heavy (non-hydrogen) atoms. The van der Waals surface area contributed by atoms with E-state index >= 15 is 0 Å². The number of amides is 1. The van der Waals surface area contributed by atoms with Gasteiger partial charge in [-0.2, -0.15) is 0 Å². The smallest absolute Gasteiger partial charge is 0.231 e. The minimum Gasteiger partial charge on any atom is -0.367 e. The first kappa shape index (κ1) is 19.2. The molecule has 1 aromatic carbocycles. The summed E-state index contributed by atoms with van der Waals surface area (Å²) in [6, 6.07) is 7.52. The zero-order chi connectivity index (χ0) is 18.4. The summed E-state index contributed by atoms with van der Waals surface area (Å²) in [4.78, 5) is 19.4. The molecule has 0 spiro atoms. The van der Waals surface area contributed by atoms with E-state index in [-0.39, 0.29) is 11.8 Å². The lowest BCUT2D eigenvalue weighted by molar-refractivity contribution is -0.121. The Bertz CT molecular complexity index is 635. The first-order valence-corrected chi connectivity index (χ1v) is 9.58. The molecule has 0 bridgehead atoms. The molecule has 0 N–H and O–H groups in total. The van der Waals surface area contributed by atoms with Crippen molar-refractivity contribution in [3.05, 3.63) is 29.3 Å². The van der Waals surface area contributed by atoms with Crippen LogP contribution in [0.4, 0.5) is 5.69 Å². The van der Waals surface area contributed by atoms with Gasteiger partial charge in [0.25, 0.3) is 0 Å². The van der Waals surface area contributed by atoms with Crippen LogP contribution in [0, 0.1) is 18.3 Å². The van der Waals surface area contributed by atoms with Gasteiger partial charge in [0.1, 0.15) is 6.61 Å². The van der Waals surface area contributed by atoms with Crippen LogP contribution in [0.1, 0.15) is 6.42 Å². The predicted octanol–water partition coefficient (Wildman–Crippen LogP) is 1.96. The summed E-state index contributed by atoms with van der Waals surface area (Å²) in [6.07, 6.45) is 6.09. The molecule has 1 atom stereocenters. The SMILES string of the molecule is C#CCOCCN1CCN(CC2CCN(c3ccc(Cl)cc3)C2=O)CC1. The first-order chi connectivity index (χ1) is 12.7. The van der Waals surface area contributed by atoms with Crippen molar-refractivity contribution in [1.29, 1.82) is 0 Å². The van der Waals surface area contributed by atoms with Crippen LogP contribution in [0.2, 0.25) is 5.02 Å². The van der Waals surface area contributed by atoms with Crippen LogP contribution in [0.3, 0.4) is 0 Å². The molecule has 140 valence electrons. The second-order valence-corrected chi connectivity index (χ2v) is 7.29. The zero-order valence-corrected chi connectivity index (χ0v) is 15.8. The number of rotatable bonds is 7. The molecule has 2 aliphatic heterocycles. The number of nitrogens with zero attached hydrogens (tertiary/aromatic N) is 3. The lowest BCUT2D eigenvalue weighted by Crippen LogP contribution is -2.49. The van der Waals surface area contributed by atoms with Gasteiger partial charge in [-0.15, -0.1) is 6.42 Å². The van der Waals surface area contributed by atoms with Crippen LogP contribution in [0.25, 0.3) is 0 Å². The maximum Gasteiger partial charge on any atom is 0.231 e. The fourth-order valence-corrected chi connectivity index (χ4v) is 3.74. The Kier molecular flexibility index (Phi) is 6.93. The van der Waals surface area contributed by atoms with Crippen LogP contribution in [0.15, 0.2) is 24.3 Å². The summed E-state index contributed by atoms with van der Waals surface area (Å²) in [6.45, 7) is 7.65. The number of carbonyl (C=O) groups excluding carboxylic acids is 1. The number of hydrogen-bond donors (Lipinski definition) is 0. The minimum atomic E-state index is 0.0937. The number of hydrogen-bond acceptors (Lipinski definition) is 4. The van der Waals surface area contributed by atoms with E-state index in [1.54, 1.807) is 0 Å². The monoisotopic (exact) mass is 375 g/mol. The summed E-state index contributed by atoms with van der Waals surface area (Å²) in [5.41, 5.74) is 0.943. The molecule has 0 aromatic heterocycles. The Morgan fingerprint density at radius 1 is 1.12 bits per heavy atom. The van der Waals surface area contributed by atoms with E-state index in [0.29, 0.717) is 18.2 Å². The normalized spacial score (nSPS) is 21.9. The number of ether oxygens (including phenoxy) is 1. The molecular weight excluding hydrogens is 350 g/mol. The van der Waals surface area contributed by atoms with E-state index < -0.39 is 0 Å². The summed E-state index contributed by atoms with van der Waals surface area (Å²) in [5, 5.41) is 0.694. The Balaban J connectivity index is 1.42. The topological polar surface area (TPSA) is 36.0 Å². The van der Waals surface area contributed by atoms with Crippen molar-refractivity contribution in [3.63, 3.8) is 0 Å². The highest BCUT2D eigenvalue weighted by Crippen LogP contribution is 2.27. The van der Waals surface area contributed by atoms with Crippen molar-refractivity contribution in [3.8, 4) is 12.3 Å². The Labute approximate surface area is 160 Å². The van der Waals surface area contributed by atoms with Crippen molar-refractivity contribution >= 4 is 23.2 Å². The second-order valence-electron chi connectivity index (χ2n) is 6.85. The molecule has 1 amide bonds. The third kappa shape index (κ3) is 4.99. The van der Waals surface area contributed by atoms with Gasteiger partial charge in [-0.25, -0.2) is 0 Å². The van der Waals surface area contributed by atoms with E-state index in [2.05, 4.69) is 15.7 Å². The van der Waals surface area contributed by atoms with Crippen LogP contribution in [0.5, 0.6) is 0 Å². The average molecular weight is 376 g/mol. The van der Waals surface area contributed by atoms with E-state index in [1.807, 2.05) is 29.2 Å². The van der Waals surface area contributed by atoms with Crippen LogP contribution < -0.4 is 4.90 Å². The van der Waals surface area contributed by atoms with Gasteiger partial charge in [0.2, 0.25) is 5.91 Å². The van der Waals surface area contributed by atoms with Crippen LogP contribution in [-0.4, -0.2) is 74.7 Å². The third-order valence-corrected chi connectivity index (χ3v) is 5.39. The number of halogens is 1. The van der Waals surface area contributed by atoms with Gasteiger partial charge >= 0.3 is 0 Å². The molecule has 2 saturated heterocycles. The molecule has 5 nitrogen and oxygen atoms in total. The quantitative estimate of drug-likeness (QED) is 0.539. The highest BCUT2D eigenvalue weighted by atomic mass is 35.5. The van der Waals surface area contributed by atoms with Crippen molar-refractivity contribution in [2.24, 2.45) is 5.92 Å². The maximum atomic E-state index is 12.8. The van der Waals surface area contributed by atoms with Crippen molar-refractivity contribution in [2.75, 3.05) is 63.9 Å². The lowest BCUT2D eigenvalue weighted by Gasteiger charge is -2.35. The van der Waals surface area contributed by atoms with Crippen LogP contribution >= 0.6 is 11.6 Å². The molecule has 2 fully saturated rings. The summed E-state index contributed by atoms with van der Waals surface area (Å²) >= 11 is 5.94. The summed E-state index contributed by atoms with van der Waals surface area (Å²) in [5.74, 6) is 2.81. The van der Waals surface area contributed by atoms with Crippen molar-refractivity contribution in [2.45, 2.75) is 6.42 Å². The van der Waals surface area contributed by atoms with E-state index in [4.69, 9.17) is 22.8 Å². The molecule has 1 unspecified atom stereocenters. The lowest BCUT2D eigenvalue weighted by atomic mass is 10.1. The number of terminal acetylenes is 1. The highest BCUT2D eigenvalue weighted by molar-refractivity contribution is 6.30. The Morgan fingerprint density at radius 3 is 2.50 bits per heavy atom. The van der Waals surface area contributed by atoms with Crippen molar-refractivity contribution in [1.82, 2.24) is 9.80 Å². The number of piperazine rings is 1. The number of carbonyl (C=O) groups is 1. The van der Waals surface area contributed by atoms with E-state index in [0.717, 1.165) is 57.9 Å². The van der Waals surface area contributed by atoms with Gasteiger partial charge < -0.3 is 14.5 Å². The first-order valence-electron chi connectivity index (χ1n) is 9.20. The number of anilines is 1. The second kappa shape index (κ2) is 9.38. The van der Waals surface area contributed by atoms with Gasteiger partial charge in [-0.1, -0.05) is 17.5 Å². The minimum absolute atomic E-state index is 0.0937. The summed E-state index contributed by atoms with van der Waals surface area (Å²) in [7, 11) is 0. The third-order valence-electron chi connectivity index (χ3n) is 5.14. The number of benzene rings is 1. The highest BCUT2D eigenvalue weighted by Gasteiger charge is 2.34. The standard InChI is InChI=1S/C20H26ClN3O2/c1-2-14-26-15-13-22-9-11-23(12-10-22)16-17-7-8-24(20(17)25)19-5-3-18(21)4-6-19/h1,3-6,17H,7-16H2. The molecule has 2 heterocycles. The molecular formula is C20H26ClN3O2. The van der Waals surface area contributed by atoms with E-state index in [9.17, 15) is 4.79 Å².